The van der Waals surface area contributed by atoms with Gasteiger partial charge >= 0.3 is 0 Å². The lowest BCUT2D eigenvalue weighted by molar-refractivity contribution is -0.131. The van der Waals surface area contributed by atoms with E-state index >= 15 is 0 Å². The van der Waals surface area contributed by atoms with Crippen molar-refractivity contribution in [1.29, 1.82) is 0 Å². The first-order chi connectivity index (χ1) is 11.4. The molecule has 1 heterocycles. The molecule has 0 aliphatic heterocycles. The van der Waals surface area contributed by atoms with Gasteiger partial charge in [-0.25, -0.2) is 4.39 Å². The number of methoxy groups -OCH3 is 1. The summed E-state index contributed by atoms with van der Waals surface area (Å²) in [5.74, 6) is 1.39. The Morgan fingerprint density at radius 1 is 1.21 bits per heavy atom. The van der Waals surface area contributed by atoms with Gasteiger partial charge in [-0.05, 0) is 43.8 Å². The molecule has 5 nitrogen and oxygen atoms in total. The van der Waals surface area contributed by atoms with E-state index in [0.29, 0.717) is 18.7 Å². The molecule has 0 atom stereocenters. The summed E-state index contributed by atoms with van der Waals surface area (Å²) >= 11 is 0. The molecule has 0 unspecified atom stereocenters. The lowest BCUT2D eigenvalue weighted by atomic mass is 10.2. The van der Waals surface area contributed by atoms with Crippen LogP contribution in [0.1, 0.15) is 17.1 Å². The summed E-state index contributed by atoms with van der Waals surface area (Å²) in [7, 11) is 4.98. The first-order valence-corrected chi connectivity index (χ1v) is 7.69. The fourth-order valence-corrected chi connectivity index (χ4v) is 2.41. The zero-order valence-corrected chi connectivity index (χ0v) is 14.5. The van der Waals surface area contributed by atoms with Gasteiger partial charge in [0.15, 0.2) is 11.6 Å². The van der Waals surface area contributed by atoms with Crippen molar-refractivity contribution in [3.63, 3.8) is 0 Å². The quantitative estimate of drug-likeness (QED) is 0.781. The minimum Gasteiger partial charge on any atom is -0.494 e. The number of benzene rings is 1. The zero-order valence-electron chi connectivity index (χ0n) is 14.5. The van der Waals surface area contributed by atoms with Crippen molar-refractivity contribution in [3.05, 3.63) is 53.2 Å². The molecule has 2 rings (SSSR count). The number of ether oxygens (including phenoxy) is 1. The van der Waals surface area contributed by atoms with Crippen molar-refractivity contribution in [2.75, 3.05) is 27.7 Å². The normalized spacial score (nSPS) is 10.9. The summed E-state index contributed by atoms with van der Waals surface area (Å²) in [6.07, 6.45) is 0. The third kappa shape index (κ3) is 4.83. The van der Waals surface area contributed by atoms with Crippen molar-refractivity contribution in [1.82, 2.24) is 9.80 Å². The molecule has 0 aliphatic rings. The Morgan fingerprint density at radius 3 is 2.54 bits per heavy atom. The minimum atomic E-state index is -0.429. The third-order valence-electron chi connectivity index (χ3n) is 3.69. The molecule has 6 heteroatoms. The van der Waals surface area contributed by atoms with Crippen LogP contribution in [0.2, 0.25) is 0 Å². The fourth-order valence-electron chi connectivity index (χ4n) is 2.41. The van der Waals surface area contributed by atoms with Crippen molar-refractivity contribution >= 4 is 5.91 Å². The summed E-state index contributed by atoms with van der Waals surface area (Å²) < 4.78 is 24.1. The Hall–Kier alpha value is -2.34. The first-order valence-electron chi connectivity index (χ1n) is 7.69. The molecule has 24 heavy (non-hydrogen) atoms. The van der Waals surface area contributed by atoms with Gasteiger partial charge in [0, 0.05) is 13.6 Å². The van der Waals surface area contributed by atoms with Crippen LogP contribution in [0.5, 0.6) is 5.75 Å². The van der Waals surface area contributed by atoms with E-state index in [2.05, 4.69) is 0 Å². The lowest BCUT2D eigenvalue weighted by Crippen LogP contribution is -2.36. The summed E-state index contributed by atoms with van der Waals surface area (Å²) in [6, 6.07) is 8.50. The first kappa shape index (κ1) is 18.0. The Bertz CT molecular complexity index is 699. The average Bonchev–Trinajstić information content (AvgIpc) is 2.92. The maximum Gasteiger partial charge on any atom is 0.236 e. The maximum atomic E-state index is 13.7. The SMILES string of the molecule is COc1ccc(CN(C)C(=O)CN(C)Cc2ccc(C)o2)cc1F. The molecular formula is C18H23FN2O3. The second kappa shape index (κ2) is 7.97. The Morgan fingerprint density at radius 2 is 1.96 bits per heavy atom. The molecule has 0 N–H and O–H groups in total. The van der Waals surface area contributed by atoms with Crippen LogP contribution in [0, 0.1) is 12.7 Å². The molecule has 0 saturated heterocycles. The molecule has 1 aromatic heterocycles. The number of amides is 1. The van der Waals surface area contributed by atoms with Gasteiger partial charge < -0.3 is 14.1 Å². The van der Waals surface area contributed by atoms with Gasteiger partial charge in [-0.2, -0.15) is 0 Å². The van der Waals surface area contributed by atoms with E-state index in [9.17, 15) is 9.18 Å². The molecule has 0 bridgehead atoms. The molecule has 0 fully saturated rings. The molecule has 0 saturated carbocycles. The predicted octanol–water partition coefficient (Wildman–Crippen LogP) is 2.83. The number of carbonyl (C=O) groups is 1. The van der Waals surface area contributed by atoms with Gasteiger partial charge in [-0.15, -0.1) is 0 Å². The van der Waals surface area contributed by atoms with Gasteiger partial charge in [0.1, 0.15) is 11.5 Å². The number of furan rings is 1. The van der Waals surface area contributed by atoms with E-state index in [0.717, 1.165) is 11.5 Å². The highest BCUT2D eigenvalue weighted by atomic mass is 19.1. The second-order valence-electron chi connectivity index (χ2n) is 5.90. The zero-order chi connectivity index (χ0) is 17.7. The molecule has 1 aromatic carbocycles. The fraction of sp³-hybridized carbons (Fsp3) is 0.389. The highest BCUT2D eigenvalue weighted by Gasteiger charge is 2.14. The highest BCUT2D eigenvalue weighted by molar-refractivity contribution is 5.77. The van der Waals surface area contributed by atoms with Crippen LogP contribution >= 0.6 is 0 Å². The minimum absolute atomic E-state index is 0.0444. The van der Waals surface area contributed by atoms with Gasteiger partial charge in [-0.1, -0.05) is 6.07 Å². The van der Waals surface area contributed by atoms with E-state index in [1.165, 1.54) is 13.2 Å². The molecule has 0 aliphatic carbocycles. The Balaban J connectivity index is 1.88. The Kier molecular flexibility index (Phi) is 5.98. The van der Waals surface area contributed by atoms with Crippen molar-refractivity contribution < 1.29 is 18.3 Å². The third-order valence-corrected chi connectivity index (χ3v) is 3.69. The van der Waals surface area contributed by atoms with E-state index in [1.807, 2.05) is 31.0 Å². The van der Waals surface area contributed by atoms with Crippen LogP contribution in [0.3, 0.4) is 0 Å². The molecule has 0 radical (unpaired) electrons. The van der Waals surface area contributed by atoms with Crippen LogP contribution in [0.25, 0.3) is 0 Å². The number of hydrogen-bond donors (Lipinski definition) is 0. The summed E-state index contributed by atoms with van der Waals surface area (Å²) in [4.78, 5) is 15.8. The van der Waals surface area contributed by atoms with Crippen LogP contribution in [-0.2, 0) is 17.9 Å². The number of rotatable bonds is 7. The average molecular weight is 334 g/mol. The van der Waals surface area contributed by atoms with E-state index in [-0.39, 0.29) is 18.2 Å². The Labute approximate surface area is 141 Å². The largest absolute Gasteiger partial charge is 0.494 e. The predicted molar refractivity (Wildman–Crippen MR) is 89.2 cm³/mol. The van der Waals surface area contributed by atoms with E-state index < -0.39 is 5.82 Å². The van der Waals surface area contributed by atoms with Gasteiger partial charge in [0.05, 0.1) is 20.2 Å². The highest BCUT2D eigenvalue weighted by Crippen LogP contribution is 2.18. The lowest BCUT2D eigenvalue weighted by Gasteiger charge is -2.21. The topological polar surface area (TPSA) is 45.9 Å². The molecule has 1 amide bonds. The number of carbonyl (C=O) groups excluding carboxylic acids is 1. The molecule has 2 aromatic rings. The number of aryl methyl sites for hydroxylation is 1. The van der Waals surface area contributed by atoms with Crippen LogP contribution in [0.15, 0.2) is 34.7 Å². The van der Waals surface area contributed by atoms with Crippen LogP contribution in [0.4, 0.5) is 4.39 Å². The second-order valence-corrected chi connectivity index (χ2v) is 5.90. The molecule has 0 spiro atoms. The molecular weight excluding hydrogens is 311 g/mol. The van der Waals surface area contributed by atoms with E-state index in [4.69, 9.17) is 9.15 Å². The van der Waals surface area contributed by atoms with Crippen molar-refractivity contribution in [2.45, 2.75) is 20.0 Å². The van der Waals surface area contributed by atoms with Gasteiger partial charge in [0.25, 0.3) is 0 Å². The van der Waals surface area contributed by atoms with Gasteiger partial charge in [0.2, 0.25) is 5.91 Å². The standard InChI is InChI=1S/C18H23FN2O3/c1-13-5-7-15(24-13)11-20(2)12-18(22)21(3)10-14-6-8-17(23-4)16(19)9-14/h5-9H,10-12H2,1-4H3. The van der Waals surface area contributed by atoms with Gasteiger partial charge in [-0.3, -0.25) is 9.69 Å². The summed E-state index contributed by atoms with van der Waals surface area (Å²) in [5.41, 5.74) is 0.716. The van der Waals surface area contributed by atoms with Crippen molar-refractivity contribution in [2.24, 2.45) is 0 Å². The molecule has 130 valence electrons. The van der Waals surface area contributed by atoms with E-state index in [1.54, 1.807) is 24.1 Å². The number of likely N-dealkylation sites (N-methyl/N-ethyl adjacent to an activating group) is 2. The summed E-state index contributed by atoms with van der Waals surface area (Å²) in [6.45, 7) is 3.04. The smallest absolute Gasteiger partial charge is 0.236 e. The van der Waals surface area contributed by atoms with Crippen LogP contribution < -0.4 is 4.74 Å². The number of nitrogens with zero attached hydrogens (tertiary/aromatic N) is 2. The van der Waals surface area contributed by atoms with Crippen LogP contribution in [-0.4, -0.2) is 43.5 Å². The number of halogens is 1. The summed E-state index contributed by atoms with van der Waals surface area (Å²) in [5, 5.41) is 0. The van der Waals surface area contributed by atoms with Crippen molar-refractivity contribution in [3.8, 4) is 5.75 Å². The number of hydrogen-bond acceptors (Lipinski definition) is 4. The monoisotopic (exact) mass is 334 g/mol. The maximum absolute atomic E-state index is 13.7.